The summed E-state index contributed by atoms with van der Waals surface area (Å²) in [5.41, 5.74) is 0. The minimum absolute atomic E-state index is 0.638. The summed E-state index contributed by atoms with van der Waals surface area (Å²) < 4.78 is 33.9. The molecule has 1 unspecified atom stereocenters. The van der Waals surface area contributed by atoms with Gasteiger partial charge in [-0.05, 0) is 0 Å². The minimum Gasteiger partial charge on any atom is -0.395 e. The second-order valence-corrected chi connectivity index (χ2v) is 2.22. The highest BCUT2D eigenvalue weighted by Crippen LogP contribution is 2.23. The van der Waals surface area contributed by atoms with Gasteiger partial charge in [-0.3, -0.25) is 0 Å². The Kier molecular flexibility index (Phi) is 3.28. The average Bonchev–Trinajstić information content (AvgIpc) is 1.62. The first-order valence-corrected chi connectivity index (χ1v) is 2.71. The van der Waals surface area contributed by atoms with Crippen LogP contribution in [0.15, 0.2) is 0 Å². The predicted octanol–water partition coefficient (Wildman–Crippen LogP) is 1.54. The monoisotopic (exact) mass is 162 g/mol. The van der Waals surface area contributed by atoms with Crippen LogP contribution in [0.3, 0.4) is 0 Å². The van der Waals surface area contributed by atoms with Crippen molar-refractivity contribution in [3.63, 3.8) is 0 Å². The normalized spacial score (nSPS) is 15.7. The van der Waals surface area contributed by atoms with Crippen molar-refractivity contribution in [1.82, 2.24) is 0 Å². The van der Waals surface area contributed by atoms with E-state index >= 15 is 0 Å². The van der Waals surface area contributed by atoms with Crippen molar-refractivity contribution in [2.45, 2.75) is 18.0 Å². The van der Waals surface area contributed by atoms with Crippen molar-refractivity contribution in [2.75, 3.05) is 6.61 Å². The van der Waals surface area contributed by atoms with Gasteiger partial charge in [0.15, 0.2) is 0 Å². The Bertz CT molecular complexity index is 82.4. The van der Waals surface area contributed by atoms with Crippen LogP contribution >= 0.6 is 11.6 Å². The summed E-state index contributed by atoms with van der Waals surface area (Å²) in [7, 11) is 0. The maximum atomic E-state index is 11.3. The van der Waals surface area contributed by atoms with Crippen LogP contribution in [-0.4, -0.2) is 23.3 Å². The highest BCUT2D eigenvalue weighted by atomic mass is 35.5. The minimum atomic E-state index is -4.27. The van der Waals surface area contributed by atoms with Crippen LogP contribution in [0, 0.1) is 0 Å². The van der Waals surface area contributed by atoms with Gasteiger partial charge in [0.2, 0.25) is 0 Å². The van der Waals surface area contributed by atoms with Crippen LogP contribution in [-0.2, 0) is 0 Å². The number of hydrogen-bond donors (Lipinski definition) is 1. The third-order valence-corrected chi connectivity index (χ3v) is 0.943. The summed E-state index contributed by atoms with van der Waals surface area (Å²) in [5, 5.41) is 6.86. The Labute approximate surface area is 55.4 Å². The topological polar surface area (TPSA) is 20.2 Å². The van der Waals surface area contributed by atoms with E-state index < -0.39 is 24.6 Å². The molecule has 0 saturated carbocycles. The SMILES string of the molecule is OCC(Cl)CC(F)(F)F. The molecule has 1 atom stereocenters. The van der Waals surface area contributed by atoms with Crippen LogP contribution in [0.25, 0.3) is 0 Å². The van der Waals surface area contributed by atoms with Crippen LogP contribution in [0.5, 0.6) is 0 Å². The fraction of sp³-hybridized carbons (Fsp3) is 1.00. The zero-order chi connectivity index (χ0) is 7.49. The molecule has 1 nitrogen and oxygen atoms in total. The lowest BCUT2D eigenvalue weighted by molar-refractivity contribution is -0.136. The molecule has 0 spiro atoms. The molecule has 0 bridgehead atoms. The molecule has 56 valence electrons. The van der Waals surface area contributed by atoms with Gasteiger partial charge in [-0.25, -0.2) is 0 Å². The van der Waals surface area contributed by atoms with Gasteiger partial charge >= 0.3 is 6.18 Å². The Morgan fingerprint density at radius 2 is 1.89 bits per heavy atom. The zero-order valence-corrected chi connectivity index (χ0v) is 5.21. The number of rotatable bonds is 2. The molecule has 0 aliphatic rings. The van der Waals surface area contributed by atoms with Gasteiger partial charge in [0.25, 0.3) is 0 Å². The molecule has 0 heterocycles. The second-order valence-electron chi connectivity index (χ2n) is 1.60. The van der Waals surface area contributed by atoms with E-state index in [9.17, 15) is 13.2 Å². The van der Waals surface area contributed by atoms with Gasteiger partial charge in [-0.2, -0.15) is 13.2 Å². The summed E-state index contributed by atoms with van der Waals surface area (Å²) in [6.07, 6.45) is -5.40. The van der Waals surface area contributed by atoms with Crippen molar-refractivity contribution in [3.05, 3.63) is 0 Å². The third-order valence-electron chi connectivity index (χ3n) is 0.651. The molecule has 0 aromatic rings. The first-order valence-electron chi connectivity index (χ1n) is 2.27. The molecular formula is C4H6ClF3O. The van der Waals surface area contributed by atoms with Gasteiger partial charge in [-0.1, -0.05) is 0 Å². The maximum absolute atomic E-state index is 11.3. The van der Waals surface area contributed by atoms with E-state index in [1.54, 1.807) is 0 Å². The lowest BCUT2D eigenvalue weighted by atomic mass is 10.3. The molecule has 0 aromatic heterocycles. The first-order chi connectivity index (χ1) is 3.95. The fourth-order valence-electron chi connectivity index (χ4n) is 0.316. The maximum Gasteiger partial charge on any atom is 0.390 e. The lowest BCUT2D eigenvalue weighted by Crippen LogP contribution is -2.17. The standard InChI is InChI=1S/C4H6ClF3O/c5-3(2-9)1-4(6,7)8/h3,9H,1-2H2. The summed E-state index contributed by atoms with van der Waals surface area (Å²) in [4.78, 5) is 0. The van der Waals surface area contributed by atoms with E-state index in [1.165, 1.54) is 0 Å². The quantitative estimate of drug-likeness (QED) is 0.611. The Balaban J connectivity index is 3.47. The largest absolute Gasteiger partial charge is 0.395 e. The van der Waals surface area contributed by atoms with Crippen LogP contribution < -0.4 is 0 Å². The molecule has 0 aliphatic heterocycles. The molecule has 0 aromatic carbocycles. The molecule has 0 saturated heterocycles. The summed E-state index contributed by atoms with van der Waals surface area (Å²) in [6, 6.07) is 0. The molecule has 9 heavy (non-hydrogen) atoms. The highest BCUT2D eigenvalue weighted by molar-refractivity contribution is 6.20. The van der Waals surface area contributed by atoms with Crippen LogP contribution in [0.1, 0.15) is 6.42 Å². The fourth-order valence-corrected chi connectivity index (χ4v) is 0.491. The van der Waals surface area contributed by atoms with Crippen molar-refractivity contribution in [3.8, 4) is 0 Å². The molecule has 0 rings (SSSR count). The van der Waals surface area contributed by atoms with E-state index in [-0.39, 0.29) is 0 Å². The van der Waals surface area contributed by atoms with E-state index in [0.717, 1.165) is 0 Å². The van der Waals surface area contributed by atoms with Crippen molar-refractivity contribution in [2.24, 2.45) is 0 Å². The second kappa shape index (κ2) is 3.27. The number of halogens is 4. The summed E-state index contributed by atoms with van der Waals surface area (Å²) >= 11 is 4.98. The Morgan fingerprint density at radius 1 is 1.44 bits per heavy atom. The summed E-state index contributed by atoms with van der Waals surface area (Å²) in [6.45, 7) is -0.638. The van der Waals surface area contributed by atoms with Gasteiger partial charge in [0.05, 0.1) is 18.4 Å². The summed E-state index contributed by atoms with van der Waals surface area (Å²) in [5.74, 6) is 0. The van der Waals surface area contributed by atoms with Gasteiger partial charge in [0, 0.05) is 0 Å². The first kappa shape index (κ1) is 9.04. The van der Waals surface area contributed by atoms with E-state index in [2.05, 4.69) is 0 Å². The smallest absolute Gasteiger partial charge is 0.390 e. The molecule has 0 aliphatic carbocycles. The number of hydrogen-bond acceptors (Lipinski definition) is 1. The number of aliphatic hydroxyl groups excluding tert-OH is 1. The molecule has 0 fully saturated rings. The van der Waals surface area contributed by atoms with Gasteiger partial charge in [0.1, 0.15) is 0 Å². The van der Waals surface area contributed by atoms with Crippen molar-refractivity contribution < 1.29 is 18.3 Å². The molecular weight excluding hydrogens is 156 g/mol. The van der Waals surface area contributed by atoms with E-state index in [4.69, 9.17) is 16.7 Å². The van der Waals surface area contributed by atoms with Crippen LogP contribution in [0.2, 0.25) is 0 Å². The number of aliphatic hydroxyl groups is 1. The molecule has 1 N–H and O–H groups in total. The van der Waals surface area contributed by atoms with Crippen molar-refractivity contribution in [1.29, 1.82) is 0 Å². The predicted molar refractivity (Wildman–Crippen MR) is 27.4 cm³/mol. The third kappa shape index (κ3) is 5.92. The van der Waals surface area contributed by atoms with Gasteiger partial charge in [-0.15, -0.1) is 11.6 Å². The van der Waals surface area contributed by atoms with Crippen LogP contribution in [0.4, 0.5) is 13.2 Å². The Hall–Kier alpha value is 0.0400. The highest BCUT2D eigenvalue weighted by Gasteiger charge is 2.30. The average molecular weight is 163 g/mol. The van der Waals surface area contributed by atoms with Gasteiger partial charge < -0.3 is 5.11 Å². The van der Waals surface area contributed by atoms with Crippen molar-refractivity contribution >= 4 is 11.6 Å². The van der Waals surface area contributed by atoms with E-state index in [1.807, 2.05) is 0 Å². The zero-order valence-electron chi connectivity index (χ0n) is 4.45. The lowest BCUT2D eigenvalue weighted by Gasteiger charge is -2.08. The molecule has 5 heteroatoms. The number of alkyl halides is 4. The van der Waals surface area contributed by atoms with E-state index in [0.29, 0.717) is 0 Å². The molecule has 0 radical (unpaired) electrons. The Morgan fingerprint density at radius 3 is 2.00 bits per heavy atom. The molecule has 0 amide bonds.